The van der Waals surface area contributed by atoms with Crippen molar-refractivity contribution in [2.75, 3.05) is 0 Å². The van der Waals surface area contributed by atoms with Crippen molar-refractivity contribution in [2.24, 2.45) is 0 Å². The van der Waals surface area contributed by atoms with Crippen LogP contribution >= 0.6 is 0 Å². The predicted octanol–water partition coefficient (Wildman–Crippen LogP) is 3.91. The van der Waals surface area contributed by atoms with Crippen molar-refractivity contribution in [1.29, 1.82) is 0 Å². The van der Waals surface area contributed by atoms with Crippen molar-refractivity contribution in [1.82, 2.24) is 0 Å². The summed E-state index contributed by atoms with van der Waals surface area (Å²) in [6.07, 6.45) is 5.99. The highest BCUT2D eigenvalue weighted by Crippen LogP contribution is 2.30. The van der Waals surface area contributed by atoms with Gasteiger partial charge in [0.15, 0.2) is 0 Å². The third kappa shape index (κ3) is 1.50. The number of allylic oxidation sites excluding steroid dienone is 1. The zero-order valence-electron chi connectivity index (χ0n) is 9.35. The van der Waals surface area contributed by atoms with Crippen LogP contribution in [0.15, 0.2) is 17.7 Å². The molecule has 0 heterocycles. The fourth-order valence-corrected chi connectivity index (χ4v) is 2.34. The molecule has 74 valence electrons. The van der Waals surface area contributed by atoms with Crippen LogP contribution in [-0.2, 0) is 12.8 Å². The third-order valence-corrected chi connectivity index (χ3v) is 3.04. The van der Waals surface area contributed by atoms with Gasteiger partial charge in [-0.05, 0) is 48.9 Å². The molecule has 14 heavy (non-hydrogen) atoms. The molecule has 0 aliphatic heterocycles. The van der Waals surface area contributed by atoms with Crippen LogP contribution < -0.4 is 0 Å². The summed E-state index contributed by atoms with van der Waals surface area (Å²) in [7, 11) is 0. The van der Waals surface area contributed by atoms with E-state index in [9.17, 15) is 0 Å². The van der Waals surface area contributed by atoms with Crippen LogP contribution in [0.5, 0.6) is 0 Å². The van der Waals surface area contributed by atoms with Gasteiger partial charge >= 0.3 is 0 Å². The summed E-state index contributed by atoms with van der Waals surface area (Å²) >= 11 is 0. The van der Waals surface area contributed by atoms with E-state index in [0.717, 1.165) is 6.42 Å². The van der Waals surface area contributed by atoms with Crippen LogP contribution in [-0.4, -0.2) is 0 Å². The molecule has 2 rings (SSSR count). The minimum absolute atomic E-state index is 1.16. The van der Waals surface area contributed by atoms with Gasteiger partial charge in [0.2, 0.25) is 0 Å². The van der Waals surface area contributed by atoms with Crippen molar-refractivity contribution in [2.45, 2.75) is 40.0 Å². The Bertz CT molecular complexity index is 383. The lowest BCUT2D eigenvalue weighted by Gasteiger charge is -2.10. The molecule has 0 atom stereocenters. The normalized spacial score (nSPS) is 14.1. The molecule has 0 nitrogen and oxygen atoms in total. The zero-order valence-corrected chi connectivity index (χ0v) is 9.35. The zero-order chi connectivity index (χ0) is 10.1. The quantitative estimate of drug-likeness (QED) is 0.657. The van der Waals surface area contributed by atoms with Crippen molar-refractivity contribution in [3.8, 4) is 0 Å². The van der Waals surface area contributed by atoms with Gasteiger partial charge in [-0.3, -0.25) is 0 Å². The molecule has 0 amide bonds. The lowest BCUT2D eigenvalue weighted by Crippen LogP contribution is -1.95. The molecule has 0 radical (unpaired) electrons. The van der Waals surface area contributed by atoms with E-state index in [0.29, 0.717) is 0 Å². The van der Waals surface area contributed by atoms with Crippen LogP contribution in [0.3, 0.4) is 0 Å². The lowest BCUT2D eigenvalue weighted by molar-refractivity contribution is 0.908. The van der Waals surface area contributed by atoms with E-state index in [2.05, 4.69) is 39.0 Å². The number of aryl methyl sites for hydroxylation is 1. The van der Waals surface area contributed by atoms with E-state index < -0.39 is 0 Å². The predicted molar refractivity (Wildman–Crippen MR) is 62.5 cm³/mol. The number of hydrogen-bond donors (Lipinski definition) is 0. The molecule has 0 unspecified atom stereocenters. The molecule has 1 aromatic rings. The first-order chi connectivity index (χ1) is 6.72. The number of fused-ring (bicyclic) bond motifs is 1. The fraction of sp³-hybridized carbons (Fsp3) is 0.429. The van der Waals surface area contributed by atoms with Gasteiger partial charge < -0.3 is 0 Å². The first kappa shape index (κ1) is 9.51. The number of hydrogen-bond acceptors (Lipinski definition) is 0. The molecule has 0 saturated heterocycles. The average Bonchev–Trinajstić information content (AvgIpc) is 2.51. The Hall–Kier alpha value is -1.04. The number of benzene rings is 1. The molecule has 0 fully saturated rings. The second kappa shape index (κ2) is 3.61. The monoisotopic (exact) mass is 186 g/mol. The molecular weight excluding hydrogens is 168 g/mol. The number of rotatable bonds is 2. The summed E-state index contributed by atoms with van der Waals surface area (Å²) in [6.45, 7) is 6.71. The summed E-state index contributed by atoms with van der Waals surface area (Å²) in [5, 5.41) is 0. The first-order valence-corrected chi connectivity index (χ1v) is 5.51. The highest BCUT2D eigenvalue weighted by atomic mass is 14.2. The lowest BCUT2D eigenvalue weighted by atomic mass is 9.95. The summed E-state index contributed by atoms with van der Waals surface area (Å²) in [5.74, 6) is 0. The Morgan fingerprint density at radius 1 is 1.21 bits per heavy atom. The van der Waals surface area contributed by atoms with Gasteiger partial charge in [0.1, 0.15) is 0 Å². The Balaban J connectivity index is 2.52. The molecule has 0 spiro atoms. The minimum Gasteiger partial charge on any atom is -0.0683 e. The van der Waals surface area contributed by atoms with E-state index in [4.69, 9.17) is 0 Å². The largest absolute Gasteiger partial charge is 0.0683 e. The van der Waals surface area contributed by atoms with Gasteiger partial charge in [-0.2, -0.15) is 0 Å². The Morgan fingerprint density at radius 3 is 2.71 bits per heavy atom. The fourth-order valence-electron chi connectivity index (χ4n) is 2.34. The maximum Gasteiger partial charge on any atom is -0.00605 e. The third-order valence-electron chi connectivity index (χ3n) is 3.04. The molecule has 0 heteroatoms. The molecular formula is C14H18. The maximum atomic E-state index is 2.37. The standard InChI is InChI=1S/C14H18/c1-4-5-13-11(3)6-7-12-8-10(2)9-14(12)13/h6-7,9H,4-5,8H2,1-3H3. The summed E-state index contributed by atoms with van der Waals surface area (Å²) < 4.78 is 0. The smallest absolute Gasteiger partial charge is 0.00605 e. The van der Waals surface area contributed by atoms with E-state index in [1.165, 1.54) is 35.1 Å². The molecule has 0 bridgehead atoms. The first-order valence-electron chi connectivity index (χ1n) is 5.51. The van der Waals surface area contributed by atoms with E-state index >= 15 is 0 Å². The van der Waals surface area contributed by atoms with Gasteiger partial charge in [-0.25, -0.2) is 0 Å². The van der Waals surface area contributed by atoms with Crippen molar-refractivity contribution in [3.63, 3.8) is 0 Å². The Kier molecular flexibility index (Phi) is 2.45. The van der Waals surface area contributed by atoms with Crippen molar-refractivity contribution in [3.05, 3.63) is 40.0 Å². The van der Waals surface area contributed by atoms with Crippen LogP contribution in [0.2, 0.25) is 0 Å². The molecule has 1 aliphatic rings. The van der Waals surface area contributed by atoms with E-state index in [1.807, 2.05) is 0 Å². The van der Waals surface area contributed by atoms with Crippen LogP contribution in [0.1, 0.15) is 42.5 Å². The summed E-state index contributed by atoms with van der Waals surface area (Å²) in [5.41, 5.74) is 7.57. The SMILES string of the molecule is CCCc1c(C)ccc2c1C=C(C)C2. The Morgan fingerprint density at radius 2 is 2.00 bits per heavy atom. The molecule has 1 aromatic carbocycles. The van der Waals surface area contributed by atoms with Gasteiger partial charge in [-0.15, -0.1) is 0 Å². The summed E-state index contributed by atoms with van der Waals surface area (Å²) in [4.78, 5) is 0. The second-order valence-corrected chi connectivity index (χ2v) is 4.35. The van der Waals surface area contributed by atoms with E-state index in [1.54, 1.807) is 5.56 Å². The summed E-state index contributed by atoms with van der Waals surface area (Å²) in [6, 6.07) is 4.56. The van der Waals surface area contributed by atoms with Gasteiger partial charge in [-0.1, -0.05) is 37.1 Å². The molecule has 0 aromatic heterocycles. The average molecular weight is 186 g/mol. The highest BCUT2D eigenvalue weighted by molar-refractivity contribution is 5.67. The minimum atomic E-state index is 1.16. The highest BCUT2D eigenvalue weighted by Gasteiger charge is 2.14. The van der Waals surface area contributed by atoms with Gasteiger partial charge in [0, 0.05) is 0 Å². The molecule has 0 N–H and O–H groups in total. The van der Waals surface area contributed by atoms with Gasteiger partial charge in [0.05, 0.1) is 0 Å². The second-order valence-electron chi connectivity index (χ2n) is 4.35. The Labute approximate surface area is 86.7 Å². The van der Waals surface area contributed by atoms with Gasteiger partial charge in [0.25, 0.3) is 0 Å². The molecule has 0 saturated carbocycles. The maximum absolute atomic E-state index is 2.37. The topological polar surface area (TPSA) is 0 Å². The van der Waals surface area contributed by atoms with E-state index in [-0.39, 0.29) is 0 Å². The van der Waals surface area contributed by atoms with Crippen molar-refractivity contribution >= 4 is 6.08 Å². The van der Waals surface area contributed by atoms with Crippen LogP contribution in [0.4, 0.5) is 0 Å². The van der Waals surface area contributed by atoms with Crippen molar-refractivity contribution < 1.29 is 0 Å². The van der Waals surface area contributed by atoms with Crippen LogP contribution in [0, 0.1) is 6.92 Å². The van der Waals surface area contributed by atoms with Crippen LogP contribution in [0.25, 0.3) is 6.08 Å². The molecule has 1 aliphatic carbocycles.